The Morgan fingerprint density at radius 2 is 2.04 bits per heavy atom. The average Bonchev–Trinajstić information content (AvgIpc) is 3.03. The smallest absolute Gasteiger partial charge is 0.291 e. The molecule has 1 aromatic heterocycles. The van der Waals surface area contributed by atoms with Gasteiger partial charge in [0.05, 0.1) is 17.2 Å². The van der Waals surface area contributed by atoms with Gasteiger partial charge in [-0.2, -0.15) is 0 Å². The maximum atomic E-state index is 13.0. The van der Waals surface area contributed by atoms with Crippen LogP contribution in [0.3, 0.4) is 0 Å². The summed E-state index contributed by atoms with van der Waals surface area (Å²) in [4.78, 5) is 16.2. The van der Waals surface area contributed by atoms with Gasteiger partial charge >= 0.3 is 0 Å². The molecule has 1 N–H and O–H groups in total. The van der Waals surface area contributed by atoms with Crippen molar-refractivity contribution in [2.45, 2.75) is 19.4 Å². The molecule has 0 radical (unpaired) electrons. The Morgan fingerprint density at radius 1 is 1.35 bits per heavy atom. The van der Waals surface area contributed by atoms with Gasteiger partial charge in [0.2, 0.25) is 5.82 Å². The number of carbonyl (C=O) groups excluding carboxylic acids is 1. The number of sulfone groups is 1. The molecule has 0 bridgehead atoms. The molecule has 2 aromatic rings. The Morgan fingerprint density at radius 3 is 2.65 bits per heavy atom. The zero-order valence-corrected chi connectivity index (χ0v) is 13.2. The van der Waals surface area contributed by atoms with Crippen molar-refractivity contribution in [2.24, 2.45) is 0 Å². The number of aryl methyl sites for hydroxylation is 1. The average molecular weight is 338 g/mol. The van der Waals surface area contributed by atoms with Crippen LogP contribution in [0.15, 0.2) is 24.3 Å². The second-order valence-corrected chi connectivity index (χ2v) is 7.67. The SMILES string of the molecule is Cc1nc(C(=O)N[C@H]2CCS(=O)(=O)C2)nn1-c1ccc(F)cc1. The number of carbonyl (C=O) groups is 1. The van der Waals surface area contributed by atoms with Crippen LogP contribution in [0.4, 0.5) is 4.39 Å². The largest absolute Gasteiger partial charge is 0.345 e. The summed E-state index contributed by atoms with van der Waals surface area (Å²) in [6.45, 7) is 1.67. The fraction of sp³-hybridized carbons (Fsp3) is 0.357. The van der Waals surface area contributed by atoms with Crippen LogP contribution in [0.2, 0.25) is 0 Å². The second-order valence-electron chi connectivity index (χ2n) is 5.44. The van der Waals surface area contributed by atoms with Gasteiger partial charge in [-0.3, -0.25) is 4.79 Å². The number of hydrogen-bond donors (Lipinski definition) is 1. The molecule has 9 heteroatoms. The maximum Gasteiger partial charge on any atom is 0.291 e. The highest BCUT2D eigenvalue weighted by Crippen LogP contribution is 2.13. The van der Waals surface area contributed by atoms with Gasteiger partial charge in [-0.1, -0.05) is 0 Å². The summed E-state index contributed by atoms with van der Waals surface area (Å²) >= 11 is 0. The van der Waals surface area contributed by atoms with E-state index in [1.807, 2.05) is 0 Å². The fourth-order valence-corrected chi connectivity index (χ4v) is 4.15. The lowest BCUT2D eigenvalue weighted by Crippen LogP contribution is -2.36. The first-order valence-electron chi connectivity index (χ1n) is 7.05. The van der Waals surface area contributed by atoms with Crippen LogP contribution in [0.25, 0.3) is 5.69 Å². The van der Waals surface area contributed by atoms with Gasteiger partial charge in [0.1, 0.15) is 11.6 Å². The van der Waals surface area contributed by atoms with E-state index in [4.69, 9.17) is 0 Å². The lowest BCUT2D eigenvalue weighted by Gasteiger charge is -2.08. The van der Waals surface area contributed by atoms with E-state index in [1.165, 1.54) is 28.9 Å². The van der Waals surface area contributed by atoms with E-state index >= 15 is 0 Å². The first kappa shape index (κ1) is 15.6. The van der Waals surface area contributed by atoms with Crippen molar-refractivity contribution < 1.29 is 17.6 Å². The third-order valence-corrected chi connectivity index (χ3v) is 5.38. The molecule has 3 rings (SSSR count). The minimum atomic E-state index is -3.07. The Labute approximate surface area is 132 Å². The molecule has 7 nitrogen and oxygen atoms in total. The first-order chi connectivity index (χ1) is 10.8. The predicted molar refractivity (Wildman–Crippen MR) is 80.6 cm³/mol. The van der Waals surface area contributed by atoms with E-state index in [0.717, 1.165) is 0 Å². The number of amides is 1. The molecule has 1 aliphatic heterocycles. The highest BCUT2D eigenvalue weighted by molar-refractivity contribution is 7.91. The van der Waals surface area contributed by atoms with Gasteiger partial charge in [0, 0.05) is 6.04 Å². The number of rotatable bonds is 3. The lowest BCUT2D eigenvalue weighted by molar-refractivity contribution is 0.0930. The van der Waals surface area contributed by atoms with E-state index in [2.05, 4.69) is 15.4 Å². The predicted octanol–water partition coefficient (Wildman–Crippen LogP) is 0.632. The number of nitrogens with one attached hydrogen (secondary N) is 1. The zero-order chi connectivity index (χ0) is 16.6. The number of halogens is 1. The van der Waals surface area contributed by atoms with Crippen LogP contribution in [0, 0.1) is 12.7 Å². The monoisotopic (exact) mass is 338 g/mol. The van der Waals surface area contributed by atoms with E-state index in [1.54, 1.807) is 6.92 Å². The Kier molecular flexibility index (Phi) is 3.88. The van der Waals surface area contributed by atoms with E-state index in [9.17, 15) is 17.6 Å². The Hall–Kier alpha value is -2.29. The number of aromatic nitrogens is 3. The fourth-order valence-electron chi connectivity index (χ4n) is 2.47. The summed E-state index contributed by atoms with van der Waals surface area (Å²) in [5, 5.41) is 6.75. The van der Waals surface area contributed by atoms with Gasteiger partial charge < -0.3 is 5.32 Å². The minimum Gasteiger partial charge on any atom is -0.345 e. The molecule has 0 spiro atoms. The molecule has 0 unspecified atom stereocenters. The van der Waals surface area contributed by atoms with Gasteiger partial charge in [-0.15, -0.1) is 5.10 Å². The third kappa shape index (κ3) is 3.39. The van der Waals surface area contributed by atoms with Gasteiger partial charge in [0.15, 0.2) is 9.84 Å². The quantitative estimate of drug-likeness (QED) is 0.886. The molecule has 23 heavy (non-hydrogen) atoms. The lowest BCUT2D eigenvalue weighted by atomic mass is 10.2. The van der Waals surface area contributed by atoms with Crippen LogP contribution >= 0.6 is 0 Å². The van der Waals surface area contributed by atoms with Crippen molar-refractivity contribution in [2.75, 3.05) is 11.5 Å². The summed E-state index contributed by atoms with van der Waals surface area (Å²) in [5.41, 5.74) is 0.582. The number of hydrogen-bond acceptors (Lipinski definition) is 5. The summed E-state index contributed by atoms with van der Waals surface area (Å²) < 4.78 is 37.2. The second kappa shape index (κ2) is 5.73. The molecule has 1 fully saturated rings. The van der Waals surface area contributed by atoms with E-state index in [0.29, 0.717) is 17.9 Å². The Bertz CT molecular complexity index is 845. The van der Waals surface area contributed by atoms with Gasteiger partial charge in [-0.25, -0.2) is 22.5 Å². The van der Waals surface area contributed by atoms with Crippen molar-refractivity contribution in [1.29, 1.82) is 0 Å². The van der Waals surface area contributed by atoms with Crippen molar-refractivity contribution in [3.63, 3.8) is 0 Å². The molecule has 1 atom stereocenters. The molecular weight excluding hydrogens is 323 g/mol. The molecule has 1 aromatic carbocycles. The molecule has 0 saturated carbocycles. The van der Waals surface area contributed by atoms with Crippen molar-refractivity contribution in [3.05, 3.63) is 41.7 Å². The Balaban J connectivity index is 1.77. The zero-order valence-electron chi connectivity index (χ0n) is 12.4. The highest BCUT2D eigenvalue weighted by atomic mass is 32.2. The van der Waals surface area contributed by atoms with Crippen molar-refractivity contribution in [3.8, 4) is 5.69 Å². The highest BCUT2D eigenvalue weighted by Gasteiger charge is 2.30. The van der Waals surface area contributed by atoms with Gasteiger partial charge in [-0.05, 0) is 37.6 Å². The van der Waals surface area contributed by atoms with Crippen LogP contribution in [-0.4, -0.2) is 46.6 Å². The summed E-state index contributed by atoms with van der Waals surface area (Å²) in [5.74, 6) is -0.440. The minimum absolute atomic E-state index is 0.0453. The topological polar surface area (TPSA) is 93.9 Å². The van der Waals surface area contributed by atoms with Crippen LogP contribution in [0.5, 0.6) is 0 Å². The summed E-state index contributed by atoms with van der Waals surface area (Å²) in [6, 6.07) is 5.23. The maximum absolute atomic E-state index is 13.0. The summed E-state index contributed by atoms with van der Waals surface area (Å²) in [6.07, 6.45) is 0.395. The molecule has 1 amide bonds. The summed E-state index contributed by atoms with van der Waals surface area (Å²) in [7, 11) is -3.07. The molecular formula is C14H15FN4O3S. The molecule has 122 valence electrons. The van der Waals surface area contributed by atoms with Crippen LogP contribution in [-0.2, 0) is 9.84 Å². The number of benzene rings is 1. The van der Waals surface area contributed by atoms with Crippen molar-refractivity contribution in [1.82, 2.24) is 20.1 Å². The van der Waals surface area contributed by atoms with Crippen LogP contribution in [0.1, 0.15) is 22.9 Å². The van der Waals surface area contributed by atoms with E-state index in [-0.39, 0.29) is 23.1 Å². The molecule has 0 aliphatic carbocycles. The molecule has 2 heterocycles. The third-order valence-electron chi connectivity index (χ3n) is 3.61. The van der Waals surface area contributed by atoms with Crippen molar-refractivity contribution >= 4 is 15.7 Å². The normalized spacial score (nSPS) is 19.7. The van der Waals surface area contributed by atoms with E-state index < -0.39 is 21.8 Å². The van der Waals surface area contributed by atoms with Gasteiger partial charge in [0.25, 0.3) is 5.91 Å². The first-order valence-corrected chi connectivity index (χ1v) is 8.87. The van der Waals surface area contributed by atoms with Crippen LogP contribution < -0.4 is 5.32 Å². The number of nitrogens with zero attached hydrogens (tertiary/aromatic N) is 3. The molecule has 1 saturated heterocycles. The molecule has 1 aliphatic rings. The standard InChI is InChI=1S/C14H15FN4O3S/c1-9-16-13(14(20)17-11-6-7-23(21,22)8-11)18-19(9)12-4-2-10(15)3-5-12/h2-5,11H,6-8H2,1H3,(H,17,20)/t11-/m0/s1.